The largest absolute Gasteiger partial charge is 0.299 e. The first-order chi connectivity index (χ1) is 10.8. The summed E-state index contributed by atoms with van der Waals surface area (Å²) in [5, 5.41) is 8.21. The smallest absolute Gasteiger partial charge is 0.291 e. The van der Waals surface area contributed by atoms with Crippen LogP contribution in [0.2, 0.25) is 0 Å². The quantitative estimate of drug-likeness (QED) is 0.845. The van der Waals surface area contributed by atoms with Crippen LogP contribution in [0.4, 0.5) is 13.9 Å². The van der Waals surface area contributed by atoms with E-state index >= 15 is 0 Å². The molecule has 0 fully saturated rings. The number of amides is 1. The molecule has 0 atom stereocenters. The number of sulfonamides is 1. The average Bonchev–Trinajstić information content (AvgIpc) is 2.96. The molecule has 7 nitrogen and oxygen atoms in total. The molecule has 2 rings (SSSR count). The molecule has 0 unspecified atom stereocenters. The number of hydrogen-bond acceptors (Lipinski definition) is 6. The number of aromatic nitrogens is 2. The SMILES string of the molecule is CN(CC(=O)Nc1nnc(C(F)F)s1)S(=O)(=O)c1ccccc1. The Morgan fingerprint density at radius 3 is 2.52 bits per heavy atom. The van der Waals surface area contributed by atoms with Gasteiger partial charge in [0, 0.05) is 7.05 Å². The number of carbonyl (C=O) groups is 1. The van der Waals surface area contributed by atoms with Gasteiger partial charge in [0.1, 0.15) is 0 Å². The first-order valence-electron chi connectivity index (χ1n) is 6.23. The number of alkyl halides is 2. The Kier molecular flexibility index (Phi) is 5.34. The summed E-state index contributed by atoms with van der Waals surface area (Å²) in [6, 6.07) is 7.61. The predicted molar refractivity (Wildman–Crippen MR) is 79.8 cm³/mol. The van der Waals surface area contributed by atoms with E-state index in [-0.39, 0.29) is 10.0 Å². The van der Waals surface area contributed by atoms with Crippen LogP contribution in [0.15, 0.2) is 35.2 Å². The van der Waals surface area contributed by atoms with E-state index < -0.39 is 33.9 Å². The molecule has 0 saturated heterocycles. The van der Waals surface area contributed by atoms with Gasteiger partial charge >= 0.3 is 0 Å². The second kappa shape index (κ2) is 7.06. The molecule has 0 aliphatic carbocycles. The molecule has 0 saturated carbocycles. The Labute approximate surface area is 135 Å². The lowest BCUT2D eigenvalue weighted by molar-refractivity contribution is -0.116. The molecule has 11 heteroatoms. The maximum atomic E-state index is 12.4. The lowest BCUT2D eigenvalue weighted by Crippen LogP contribution is -2.34. The molecule has 0 aliphatic heterocycles. The van der Waals surface area contributed by atoms with Crippen molar-refractivity contribution in [2.75, 3.05) is 18.9 Å². The van der Waals surface area contributed by atoms with Crippen molar-refractivity contribution in [3.63, 3.8) is 0 Å². The minimum absolute atomic E-state index is 0.0474. The van der Waals surface area contributed by atoms with Gasteiger partial charge < -0.3 is 0 Å². The van der Waals surface area contributed by atoms with Gasteiger partial charge in [-0.05, 0) is 12.1 Å². The Bertz CT molecular complexity index is 781. The van der Waals surface area contributed by atoms with Gasteiger partial charge in [-0.1, -0.05) is 29.5 Å². The van der Waals surface area contributed by atoms with E-state index in [1.165, 1.54) is 19.2 Å². The van der Waals surface area contributed by atoms with E-state index in [1.807, 2.05) is 0 Å². The Balaban J connectivity index is 2.02. The minimum Gasteiger partial charge on any atom is -0.299 e. The summed E-state index contributed by atoms with van der Waals surface area (Å²) >= 11 is 0.528. The maximum Gasteiger partial charge on any atom is 0.291 e. The first kappa shape index (κ1) is 17.4. The van der Waals surface area contributed by atoms with Crippen LogP contribution in [0.3, 0.4) is 0 Å². The van der Waals surface area contributed by atoms with Gasteiger partial charge in [0.15, 0.2) is 5.01 Å². The van der Waals surface area contributed by atoms with E-state index in [1.54, 1.807) is 18.2 Å². The van der Waals surface area contributed by atoms with Crippen LogP contribution in [0.1, 0.15) is 11.4 Å². The molecule has 0 radical (unpaired) electrons. The summed E-state index contributed by atoms with van der Waals surface area (Å²) < 4.78 is 50.1. The van der Waals surface area contributed by atoms with Crippen LogP contribution in [0.5, 0.6) is 0 Å². The number of halogens is 2. The highest BCUT2D eigenvalue weighted by Crippen LogP contribution is 2.25. The normalized spacial score (nSPS) is 11.9. The number of rotatable bonds is 6. The zero-order valence-electron chi connectivity index (χ0n) is 11.8. The van der Waals surface area contributed by atoms with Gasteiger partial charge in [-0.15, -0.1) is 10.2 Å². The fourth-order valence-corrected chi connectivity index (χ4v) is 3.36. The summed E-state index contributed by atoms with van der Waals surface area (Å²) in [7, 11) is -2.57. The van der Waals surface area contributed by atoms with Crippen molar-refractivity contribution < 1.29 is 22.0 Å². The van der Waals surface area contributed by atoms with Gasteiger partial charge in [-0.3, -0.25) is 10.1 Å². The zero-order valence-corrected chi connectivity index (χ0v) is 13.4. The van der Waals surface area contributed by atoms with Crippen molar-refractivity contribution in [1.82, 2.24) is 14.5 Å². The van der Waals surface area contributed by atoms with E-state index in [4.69, 9.17) is 0 Å². The highest BCUT2D eigenvalue weighted by Gasteiger charge is 2.23. The molecular weight excluding hydrogens is 350 g/mol. The Hall–Kier alpha value is -1.98. The van der Waals surface area contributed by atoms with Crippen LogP contribution >= 0.6 is 11.3 Å². The standard InChI is InChI=1S/C12H12F2N4O3S2/c1-18(23(20,21)8-5-3-2-4-6-8)7-9(19)15-12-17-16-11(22-12)10(13)14/h2-6,10H,7H2,1H3,(H,15,17,19). The molecule has 1 aromatic heterocycles. The van der Waals surface area contributed by atoms with Crippen LogP contribution in [0, 0.1) is 0 Å². The molecule has 1 aromatic carbocycles. The summed E-state index contributed by atoms with van der Waals surface area (Å²) in [5.74, 6) is -0.705. The molecule has 1 amide bonds. The van der Waals surface area contributed by atoms with Crippen molar-refractivity contribution in [2.24, 2.45) is 0 Å². The zero-order chi connectivity index (χ0) is 17.0. The van der Waals surface area contributed by atoms with Gasteiger partial charge in [-0.25, -0.2) is 17.2 Å². The second-order valence-corrected chi connectivity index (χ2v) is 7.42. The number of nitrogens with one attached hydrogen (secondary N) is 1. The monoisotopic (exact) mass is 362 g/mol. The highest BCUT2D eigenvalue weighted by atomic mass is 32.2. The third-order valence-corrected chi connectivity index (χ3v) is 5.35. The summed E-state index contributed by atoms with van der Waals surface area (Å²) in [4.78, 5) is 11.9. The fraction of sp³-hybridized carbons (Fsp3) is 0.250. The van der Waals surface area contributed by atoms with Crippen LogP contribution in [0.25, 0.3) is 0 Å². The van der Waals surface area contributed by atoms with Crippen molar-refractivity contribution in [2.45, 2.75) is 11.3 Å². The summed E-state index contributed by atoms with van der Waals surface area (Å²) in [5.41, 5.74) is 0. The van der Waals surface area contributed by atoms with Crippen molar-refractivity contribution in [1.29, 1.82) is 0 Å². The van der Waals surface area contributed by atoms with Crippen molar-refractivity contribution in [3.05, 3.63) is 35.3 Å². The molecule has 1 N–H and O–H groups in total. The molecule has 0 spiro atoms. The fourth-order valence-electron chi connectivity index (χ4n) is 1.59. The van der Waals surface area contributed by atoms with E-state index in [2.05, 4.69) is 15.5 Å². The molecule has 23 heavy (non-hydrogen) atoms. The number of anilines is 1. The van der Waals surface area contributed by atoms with Crippen LogP contribution in [-0.2, 0) is 14.8 Å². The highest BCUT2D eigenvalue weighted by molar-refractivity contribution is 7.89. The van der Waals surface area contributed by atoms with Gasteiger partial charge in [0.25, 0.3) is 6.43 Å². The topological polar surface area (TPSA) is 92.3 Å². The number of hydrogen-bond donors (Lipinski definition) is 1. The van der Waals surface area contributed by atoms with Gasteiger partial charge in [0.05, 0.1) is 11.4 Å². The molecular formula is C12H12F2N4O3S2. The molecule has 0 bridgehead atoms. The first-order valence-corrected chi connectivity index (χ1v) is 8.49. The lowest BCUT2D eigenvalue weighted by atomic mass is 10.4. The van der Waals surface area contributed by atoms with E-state index in [0.29, 0.717) is 11.3 Å². The molecule has 2 aromatic rings. The van der Waals surface area contributed by atoms with Crippen molar-refractivity contribution >= 4 is 32.4 Å². The number of nitrogens with zero attached hydrogens (tertiary/aromatic N) is 3. The summed E-state index contributed by atoms with van der Waals surface area (Å²) in [6.45, 7) is -0.485. The second-order valence-electron chi connectivity index (χ2n) is 4.37. The molecule has 0 aliphatic rings. The molecule has 124 valence electrons. The maximum absolute atomic E-state index is 12.4. The third-order valence-electron chi connectivity index (χ3n) is 2.69. The number of carbonyl (C=O) groups excluding carboxylic acids is 1. The van der Waals surface area contributed by atoms with Crippen LogP contribution < -0.4 is 5.32 Å². The van der Waals surface area contributed by atoms with Crippen molar-refractivity contribution in [3.8, 4) is 0 Å². The molecule has 1 heterocycles. The lowest BCUT2D eigenvalue weighted by Gasteiger charge is -2.16. The van der Waals surface area contributed by atoms with Crippen LogP contribution in [-0.4, -0.2) is 42.4 Å². The Morgan fingerprint density at radius 1 is 1.30 bits per heavy atom. The number of likely N-dealkylation sites (N-methyl/N-ethyl adjacent to an activating group) is 1. The van der Waals surface area contributed by atoms with E-state index in [9.17, 15) is 22.0 Å². The van der Waals surface area contributed by atoms with Gasteiger partial charge in [-0.2, -0.15) is 4.31 Å². The van der Waals surface area contributed by atoms with Gasteiger partial charge in [0.2, 0.25) is 21.1 Å². The number of benzene rings is 1. The Morgan fingerprint density at radius 2 is 1.96 bits per heavy atom. The summed E-state index contributed by atoms with van der Waals surface area (Å²) in [6.07, 6.45) is -2.78. The predicted octanol–water partition coefficient (Wildman–Crippen LogP) is 1.73. The average molecular weight is 362 g/mol. The van der Waals surface area contributed by atoms with E-state index in [0.717, 1.165) is 4.31 Å². The third kappa shape index (κ3) is 4.27. The minimum atomic E-state index is -3.81.